The Hall–Kier alpha value is -2.10. The van der Waals surface area contributed by atoms with Gasteiger partial charge in [0.2, 0.25) is 0 Å². The third-order valence-corrected chi connectivity index (χ3v) is 3.12. The highest BCUT2D eigenvalue weighted by Gasteiger charge is 2.08. The zero-order chi connectivity index (χ0) is 13.7. The van der Waals surface area contributed by atoms with Crippen LogP contribution in [0, 0.1) is 0 Å². The number of nitrogens with one attached hydrogen (secondary N) is 1. The number of nitrogens with zero attached hydrogens (tertiary/aromatic N) is 2. The van der Waals surface area contributed by atoms with E-state index < -0.39 is 0 Å². The highest BCUT2D eigenvalue weighted by atomic mass is 15.1. The maximum atomic E-state index is 5.86. The number of rotatable bonds is 5. The van der Waals surface area contributed by atoms with E-state index in [0.29, 0.717) is 17.7 Å². The van der Waals surface area contributed by atoms with Crippen LogP contribution in [0.4, 0.5) is 11.6 Å². The van der Waals surface area contributed by atoms with Crippen molar-refractivity contribution in [2.24, 2.45) is 0 Å². The number of anilines is 2. The number of aromatic nitrogens is 2. The van der Waals surface area contributed by atoms with Gasteiger partial charge in [0.25, 0.3) is 0 Å². The molecule has 0 saturated heterocycles. The standard InChI is InChI=1S/C15H20N4/c1-3-12(4-2)17-14-10-13(16)18-15(19-14)11-8-6-5-7-9-11/h5-10,12H,3-4H2,1-2H3,(H3,16,17,18,19). The molecule has 19 heavy (non-hydrogen) atoms. The average Bonchev–Trinajstić information content (AvgIpc) is 2.45. The Bertz CT molecular complexity index is 521. The SMILES string of the molecule is CCC(CC)Nc1cc(N)nc(-c2ccccc2)n1. The Balaban J connectivity index is 2.30. The quantitative estimate of drug-likeness (QED) is 0.861. The lowest BCUT2D eigenvalue weighted by Crippen LogP contribution is -2.18. The van der Waals surface area contributed by atoms with Crippen LogP contribution in [0.1, 0.15) is 26.7 Å². The van der Waals surface area contributed by atoms with Crippen molar-refractivity contribution in [3.8, 4) is 11.4 Å². The van der Waals surface area contributed by atoms with Crippen LogP contribution in [0.5, 0.6) is 0 Å². The summed E-state index contributed by atoms with van der Waals surface area (Å²) in [6, 6.07) is 12.1. The van der Waals surface area contributed by atoms with Gasteiger partial charge < -0.3 is 11.1 Å². The summed E-state index contributed by atoms with van der Waals surface area (Å²) in [7, 11) is 0. The minimum absolute atomic E-state index is 0.415. The molecule has 2 rings (SSSR count). The molecule has 100 valence electrons. The highest BCUT2D eigenvalue weighted by Crippen LogP contribution is 2.19. The molecule has 3 N–H and O–H groups in total. The molecule has 0 aliphatic heterocycles. The number of hydrogen-bond acceptors (Lipinski definition) is 4. The molecule has 0 atom stereocenters. The van der Waals surface area contributed by atoms with Gasteiger partial charge in [-0.3, -0.25) is 0 Å². The normalized spacial score (nSPS) is 10.7. The summed E-state index contributed by atoms with van der Waals surface area (Å²) in [5, 5.41) is 3.40. The van der Waals surface area contributed by atoms with E-state index in [1.807, 2.05) is 30.3 Å². The third-order valence-electron chi connectivity index (χ3n) is 3.12. The van der Waals surface area contributed by atoms with Gasteiger partial charge in [0, 0.05) is 17.7 Å². The van der Waals surface area contributed by atoms with E-state index in [4.69, 9.17) is 5.73 Å². The van der Waals surface area contributed by atoms with E-state index >= 15 is 0 Å². The van der Waals surface area contributed by atoms with Crippen LogP contribution in [0.3, 0.4) is 0 Å². The van der Waals surface area contributed by atoms with E-state index in [1.54, 1.807) is 6.07 Å². The first-order valence-electron chi connectivity index (χ1n) is 6.69. The summed E-state index contributed by atoms with van der Waals surface area (Å²) in [4.78, 5) is 8.83. The second-order valence-electron chi connectivity index (χ2n) is 4.53. The van der Waals surface area contributed by atoms with Crippen molar-refractivity contribution in [3.63, 3.8) is 0 Å². The molecular weight excluding hydrogens is 236 g/mol. The molecule has 0 saturated carbocycles. The van der Waals surface area contributed by atoms with Gasteiger partial charge in [0.15, 0.2) is 5.82 Å². The van der Waals surface area contributed by atoms with Gasteiger partial charge in [0.1, 0.15) is 11.6 Å². The van der Waals surface area contributed by atoms with Crippen molar-refractivity contribution < 1.29 is 0 Å². The summed E-state index contributed by atoms with van der Waals surface area (Å²) in [5.41, 5.74) is 6.84. The van der Waals surface area contributed by atoms with Crippen molar-refractivity contribution in [2.45, 2.75) is 32.7 Å². The van der Waals surface area contributed by atoms with E-state index in [-0.39, 0.29) is 0 Å². The van der Waals surface area contributed by atoms with Crippen LogP contribution >= 0.6 is 0 Å². The molecular formula is C15H20N4. The number of hydrogen-bond donors (Lipinski definition) is 2. The molecule has 0 unspecified atom stereocenters. The van der Waals surface area contributed by atoms with Gasteiger partial charge in [-0.1, -0.05) is 44.2 Å². The Morgan fingerprint density at radius 1 is 1.11 bits per heavy atom. The van der Waals surface area contributed by atoms with Gasteiger partial charge >= 0.3 is 0 Å². The Morgan fingerprint density at radius 3 is 2.42 bits per heavy atom. The highest BCUT2D eigenvalue weighted by molar-refractivity contribution is 5.60. The fraction of sp³-hybridized carbons (Fsp3) is 0.333. The maximum Gasteiger partial charge on any atom is 0.163 e. The van der Waals surface area contributed by atoms with Crippen LogP contribution in [0.2, 0.25) is 0 Å². The average molecular weight is 256 g/mol. The third kappa shape index (κ3) is 3.44. The fourth-order valence-corrected chi connectivity index (χ4v) is 1.96. The van der Waals surface area contributed by atoms with E-state index in [2.05, 4.69) is 29.1 Å². The topological polar surface area (TPSA) is 63.8 Å². The molecule has 4 heteroatoms. The van der Waals surface area contributed by atoms with Gasteiger partial charge in [-0.25, -0.2) is 9.97 Å². The second-order valence-corrected chi connectivity index (χ2v) is 4.53. The molecule has 0 radical (unpaired) electrons. The molecule has 0 fully saturated rings. The van der Waals surface area contributed by atoms with E-state index in [0.717, 1.165) is 24.2 Å². The summed E-state index contributed by atoms with van der Waals surface area (Å²) in [5.74, 6) is 1.94. The molecule has 1 heterocycles. The van der Waals surface area contributed by atoms with Crippen LogP contribution < -0.4 is 11.1 Å². The van der Waals surface area contributed by atoms with Gasteiger partial charge in [-0.15, -0.1) is 0 Å². The van der Waals surface area contributed by atoms with Crippen molar-refractivity contribution in [1.29, 1.82) is 0 Å². The van der Waals surface area contributed by atoms with Crippen molar-refractivity contribution in [1.82, 2.24) is 9.97 Å². The minimum Gasteiger partial charge on any atom is -0.384 e. The lowest BCUT2D eigenvalue weighted by atomic mass is 10.2. The second kappa shape index (κ2) is 6.18. The molecule has 0 bridgehead atoms. The largest absolute Gasteiger partial charge is 0.384 e. The lowest BCUT2D eigenvalue weighted by Gasteiger charge is -2.16. The summed E-state index contributed by atoms with van der Waals surface area (Å²) in [6.07, 6.45) is 2.11. The van der Waals surface area contributed by atoms with E-state index in [9.17, 15) is 0 Å². The molecule has 0 spiro atoms. The fourth-order valence-electron chi connectivity index (χ4n) is 1.96. The van der Waals surface area contributed by atoms with Crippen molar-refractivity contribution in [2.75, 3.05) is 11.1 Å². The van der Waals surface area contributed by atoms with E-state index in [1.165, 1.54) is 0 Å². The summed E-state index contributed by atoms with van der Waals surface area (Å²) < 4.78 is 0. The molecule has 4 nitrogen and oxygen atoms in total. The molecule has 0 amide bonds. The van der Waals surface area contributed by atoms with Gasteiger partial charge in [-0.2, -0.15) is 0 Å². The smallest absolute Gasteiger partial charge is 0.163 e. The Kier molecular flexibility index (Phi) is 4.34. The zero-order valence-corrected chi connectivity index (χ0v) is 11.4. The lowest BCUT2D eigenvalue weighted by molar-refractivity contribution is 0.668. The van der Waals surface area contributed by atoms with Gasteiger partial charge in [0.05, 0.1) is 0 Å². The minimum atomic E-state index is 0.415. The molecule has 0 aliphatic rings. The van der Waals surface area contributed by atoms with Crippen LogP contribution in [-0.4, -0.2) is 16.0 Å². The zero-order valence-electron chi connectivity index (χ0n) is 11.4. The van der Waals surface area contributed by atoms with Crippen LogP contribution in [0.15, 0.2) is 36.4 Å². The molecule has 1 aromatic heterocycles. The van der Waals surface area contributed by atoms with Crippen LogP contribution in [-0.2, 0) is 0 Å². The Morgan fingerprint density at radius 2 is 1.79 bits per heavy atom. The first-order chi connectivity index (χ1) is 9.22. The molecule has 2 aromatic rings. The number of nitrogen functional groups attached to an aromatic ring is 1. The summed E-state index contributed by atoms with van der Waals surface area (Å²) >= 11 is 0. The monoisotopic (exact) mass is 256 g/mol. The van der Waals surface area contributed by atoms with Crippen molar-refractivity contribution in [3.05, 3.63) is 36.4 Å². The predicted octanol–water partition coefficient (Wildman–Crippen LogP) is 3.33. The number of nitrogens with two attached hydrogens (primary N) is 1. The Labute approximate surface area is 114 Å². The first-order valence-corrected chi connectivity index (χ1v) is 6.69. The molecule has 1 aromatic carbocycles. The maximum absolute atomic E-state index is 5.86. The van der Waals surface area contributed by atoms with Gasteiger partial charge in [-0.05, 0) is 12.8 Å². The first kappa shape index (κ1) is 13.3. The summed E-state index contributed by atoms with van der Waals surface area (Å²) in [6.45, 7) is 4.31. The van der Waals surface area contributed by atoms with Crippen LogP contribution in [0.25, 0.3) is 11.4 Å². The predicted molar refractivity (Wildman–Crippen MR) is 79.9 cm³/mol. The number of benzene rings is 1. The van der Waals surface area contributed by atoms with Crippen molar-refractivity contribution >= 4 is 11.6 Å². The molecule has 0 aliphatic carbocycles.